The molecule has 1 atom stereocenters. The first-order valence-corrected chi connectivity index (χ1v) is 15.4. The van der Waals surface area contributed by atoms with Crippen LogP contribution in [0.4, 0.5) is 13.2 Å². The van der Waals surface area contributed by atoms with Crippen LogP contribution >= 0.6 is 21.6 Å². The molecule has 6 N–H and O–H groups in total. The number of amides is 1. The number of imidazole rings is 1. The Hall–Kier alpha value is -3.11. The Kier molecular flexibility index (Phi) is 13.1. The summed E-state index contributed by atoms with van der Waals surface area (Å²) in [5, 5.41) is 13.3. The van der Waals surface area contributed by atoms with Crippen LogP contribution in [0.15, 0.2) is 48.7 Å². The fourth-order valence-corrected chi connectivity index (χ4v) is 5.28. The second-order valence-electron chi connectivity index (χ2n) is 8.90. The molecule has 0 unspecified atom stereocenters. The highest BCUT2D eigenvalue weighted by atomic mass is 33.1. The number of aromatic nitrogens is 2. The van der Waals surface area contributed by atoms with Crippen molar-refractivity contribution in [2.75, 3.05) is 51.0 Å². The van der Waals surface area contributed by atoms with Crippen LogP contribution in [0.25, 0.3) is 11.4 Å². The zero-order chi connectivity index (χ0) is 30.5. The highest BCUT2D eigenvalue weighted by molar-refractivity contribution is 8.76. The van der Waals surface area contributed by atoms with Gasteiger partial charge >= 0.3 is 6.18 Å². The minimum atomic E-state index is -4.52. The molecule has 1 aromatic heterocycles. The summed E-state index contributed by atoms with van der Waals surface area (Å²) in [5.74, 6) is 2.45. The smallest absolute Gasteiger partial charge is 0.434 e. The molecule has 2 aromatic carbocycles. The zero-order valence-corrected chi connectivity index (χ0v) is 24.6. The van der Waals surface area contributed by atoms with E-state index >= 15 is 0 Å². The predicted molar refractivity (Wildman–Crippen MR) is 158 cm³/mol. The summed E-state index contributed by atoms with van der Waals surface area (Å²) in [6, 6.07) is 11.3. The SMILES string of the molecule is Cn1cc(C(F)(F)F)nc1-c1ccc(OC[C@@H](O)CNCCOc2ccc(OCCSSCCN)c(C(N)=O)c2)cc1. The lowest BCUT2D eigenvalue weighted by atomic mass is 10.2. The van der Waals surface area contributed by atoms with E-state index in [-0.39, 0.29) is 31.1 Å². The van der Waals surface area contributed by atoms with Gasteiger partial charge in [-0.1, -0.05) is 21.6 Å². The Bertz CT molecular complexity index is 1280. The summed E-state index contributed by atoms with van der Waals surface area (Å²) in [6.45, 7) is 1.95. The first-order valence-electron chi connectivity index (χ1n) is 12.9. The van der Waals surface area contributed by atoms with Gasteiger partial charge in [0.2, 0.25) is 0 Å². The topological polar surface area (TPSA) is 147 Å². The highest BCUT2D eigenvalue weighted by Gasteiger charge is 2.34. The van der Waals surface area contributed by atoms with E-state index in [0.717, 1.165) is 17.7 Å². The van der Waals surface area contributed by atoms with E-state index in [1.54, 1.807) is 58.0 Å². The Labute approximate surface area is 249 Å². The summed E-state index contributed by atoms with van der Waals surface area (Å²) < 4.78 is 57.0. The number of benzene rings is 2. The molecule has 3 aromatic rings. The highest BCUT2D eigenvalue weighted by Crippen LogP contribution is 2.31. The standard InChI is InChI=1S/C27H34F3N5O5S2/c1-35-16-24(27(28,29)30)34-26(35)18-2-4-20(5-3-18)40-17-19(36)15-33-9-10-38-21-6-7-23(22(14-21)25(32)37)39-11-13-42-41-12-8-31/h2-7,14,16,19,33,36H,8-13,15,17,31H2,1H3,(H2,32,37)/t19-/m0/s1. The van der Waals surface area contributed by atoms with Crippen molar-refractivity contribution in [1.82, 2.24) is 14.9 Å². The van der Waals surface area contributed by atoms with Gasteiger partial charge in [0.25, 0.3) is 5.91 Å². The van der Waals surface area contributed by atoms with Crippen LogP contribution in [0, 0.1) is 0 Å². The summed E-state index contributed by atoms with van der Waals surface area (Å²) in [5.41, 5.74) is 10.7. The van der Waals surface area contributed by atoms with Gasteiger partial charge in [-0.05, 0) is 42.5 Å². The molecule has 0 saturated heterocycles. The molecule has 1 amide bonds. The number of carbonyl (C=O) groups is 1. The van der Waals surface area contributed by atoms with Gasteiger partial charge < -0.3 is 40.7 Å². The fraction of sp³-hybridized carbons (Fsp3) is 0.407. The Morgan fingerprint density at radius 2 is 1.79 bits per heavy atom. The van der Waals surface area contributed by atoms with Crippen molar-refractivity contribution in [2.45, 2.75) is 12.3 Å². The summed E-state index contributed by atoms with van der Waals surface area (Å²) in [6.07, 6.45) is -4.41. The van der Waals surface area contributed by atoms with Crippen molar-refractivity contribution >= 4 is 27.5 Å². The van der Waals surface area contributed by atoms with E-state index in [1.165, 1.54) is 17.7 Å². The van der Waals surface area contributed by atoms with Crippen molar-refractivity contribution in [3.05, 3.63) is 59.9 Å². The molecule has 10 nitrogen and oxygen atoms in total. The molecule has 15 heteroatoms. The van der Waals surface area contributed by atoms with Gasteiger partial charge in [-0.3, -0.25) is 4.79 Å². The van der Waals surface area contributed by atoms with Crippen LogP contribution in [-0.2, 0) is 13.2 Å². The number of halogens is 3. The maximum Gasteiger partial charge on any atom is 0.434 e. The number of nitrogens with one attached hydrogen (secondary N) is 1. The molecule has 0 aliphatic heterocycles. The van der Waals surface area contributed by atoms with Crippen LogP contribution in [0.3, 0.4) is 0 Å². The summed E-state index contributed by atoms with van der Waals surface area (Å²) >= 11 is 0. The first-order chi connectivity index (χ1) is 20.1. The van der Waals surface area contributed by atoms with Gasteiger partial charge in [-0.2, -0.15) is 13.2 Å². The van der Waals surface area contributed by atoms with Crippen molar-refractivity contribution in [3.8, 4) is 28.6 Å². The van der Waals surface area contributed by atoms with Gasteiger partial charge in [-0.25, -0.2) is 4.98 Å². The average Bonchev–Trinajstić information content (AvgIpc) is 3.36. The Morgan fingerprint density at radius 3 is 2.45 bits per heavy atom. The molecule has 0 bridgehead atoms. The maximum atomic E-state index is 12.9. The second-order valence-corrected chi connectivity index (χ2v) is 11.6. The van der Waals surface area contributed by atoms with Crippen LogP contribution in [0.5, 0.6) is 17.2 Å². The fourth-order valence-electron chi connectivity index (χ4n) is 3.60. The van der Waals surface area contributed by atoms with Gasteiger partial charge in [0.1, 0.15) is 42.4 Å². The third-order valence-corrected chi connectivity index (χ3v) is 7.98. The molecule has 0 aliphatic carbocycles. The molecule has 3 rings (SSSR count). The number of alkyl halides is 3. The quantitative estimate of drug-likeness (QED) is 0.122. The average molecular weight is 630 g/mol. The van der Waals surface area contributed by atoms with Crippen molar-refractivity contribution < 1.29 is 37.3 Å². The lowest BCUT2D eigenvalue weighted by Crippen LogP contribution is -2.33. The number of aliphatic hydroxyl groups excluding tert-OH is 1. The number of primary amides is 1. The number of nitrogens with zero attached hydrogens (tertiary/aromatic N) is 2. The van der Waals surface area contributed by atoms with E-state index < -0.39 is 23.9 Å². The summed E-state index contributed by atoms with van der Waals surface area (Å²) in [4.78, 5) is 15.5. The van der Waals surface area contributed by atoms with Gasteiger partial charge in [0.05, 0.1) is 12.2 Å². The van der Waals surface area contributed by atoms with Gasteiger partial charge in [-0.15, -0.1) is 0 Å². The van der Waals surface area contributed by atoms with E-state index in [0.29, 0.717) is 42.5 Å². The maximum absolute atomic E-state index is 12.9. The first kappa shape index (κ1) is 33.4. The number of aryl methyl sites for hydroxylation is 1. The molecule has 0 fully saturated rings. The van der Waals surface area contributed by atoms with E-state index in [9.17, 15) is 23.1 Å². The van der Waals surface area contributed by atoms with Gasteiger partial charge in [0, 0.05) is 49.9 Å². The van der Waals surface area contributed by atoms with Crippen LogP contribution in [0.1, 0.15) is 16.1 Å². The monoisotopic (exact) mass is 629 g/mol. The van der Waals surface area contributed by atoms with Crippen molar-refractivity contribution in [3.63, 3.8) is 0 Å². The van der Waals surface area contributed by atoms with Crippen molar-refractivity contribution in [1.29, 1.82) is 0 Å². The van der Waals surface area contributed by atoms with Crippen LogP contribution in [0.2, 0.25) is 0 Å². The largest absolute Gasteiger partial charge is 0.492 e. The van der Waals surface area contributed by atoms with E-state index in [1.807, 2.05) is 0 Å². The molecule has 0 radical (unpaired) electrons. The van der Waals surface area contributed by atoms with Gasteiger partial charge in [0.15, 0.2) is 5.69 Å². The predicted octanol–water partition coefficient (Wildman–Crippen LogP) is 3.33. The molecule has 42 heavy (non-hydrogen) atoms. The van der Waals surface area contributed by atoms with E-state index in [2.05, 4.69) is 10.3 Å². The number of aliphatic hydroxyl groups is 1. The number of carbonyl (C=O) groups excluding carboxylic acids is 1. The van der Waals surface area contributed by atoms with E-state index in [4.69, 9.17) is 25.7 Å². The minimum Gasteiger partial charge on any atom is -0.492 e. The lowest BCUT2D eigenvalue weighted by Gasteiger charge is -2.14. The summed E-state index contributed by atoms with van der Waals surface area (Å²) in [7, 11) is 4.80. The number of rotatable bonds is 18. The number of hydrogen-bond acceptors (Lipinski definition) is 10. The van der Waals surface area contributed by atoms with Crippen LogP contribution in [-0.4, -0.2) is 77.6 Å². The normalized spacial score (nSPS) is 12.2. The molecule has 0 spiro atoms. The molecule has 0 saturated carbocycles. The zero-order valence-electron chi connectivity index (χ0n) is 22.9. The number of hydrogen-bond donors (Lipinski definition) is 4. The molecule has 230 valence electrons. The minimum absolute atomic E-state index is 0.00147. The Morgan fingerprint density at radius 1 is 1.07 bits per heavy atom. The molecular formula is C27H34F3N5O5S2. The number of nitrogens with two attached hydrogens (primary N) is 2. The van der Waals surface area contributed by atoms with Crippen molar-refractivity contribution in [2.24, 2.45) is 18.5 Å². The lowest BCUT2D eigenvalue weighted by molar-refractivity contribution is -0.140. The number of ether oxygens (including phenoxy) is 3. The molecule has 0 aliphatic rings. The molecule has 1 heterocycles. The third-order valence-electron chi connectivity index (χ3n) is 5.57. The Balaban J connectivity index is 1.36. The second kappa shape index (κ2) is 16.5. The molecular weight excluding hydrogens is 595 g/mol. The third kappa shape index (κ3) is 10.6. The van der Waals surface area contributed by atoms with Crippen LogP contribution < -0.4 is 31.0 Å².